The number of rotatable bonds is 4. The van der Waals surface area contributed by atoms with Gasteiger partial charge in [-0.15, -0.1) is 5.10 Å². The van der Waals surface area contributed by atoms with E-state index in [4.69, 9.17) is 11.5 Å². The highest BCUT2D eigenvalue weighted by atomic mass is 32.2. The Kier molecular flexibility index (Phi) is 3.36. The smallest absolute Gasteiger partial charge is 0.239 e. The first kappa shape index (κ1) is 9.34. The number of nitrogen functional groups attached to an aromatic ring is 1. The van der Waals surface area contributed by atoms with Gasteiger partial charge in [-0.05, 0) is 18.4 Å². The van der Waals surface area contributed by atoms with Gasteiger partial charge < -0.3 is 11.5 Å². The van der Waals surface area contributed by atoms with Gasteiger partial charge in [0.1, 0.15) is 5.82 Å². The van der Waals surface area contributed by atoms with Crippen molar-refractivity contribution in [3.8, 4) is 0 Å². The Hall–Kier alpha value is -0.750. The molecule has 5 nitrogen and oxygen atoms in total. The van der Waals surface area contributed by atoms with Crippen molar-refractivity contribution in [2.24, 2.45) is 5.73 Å². The van der Waals surface area contributed by atoms with Gasteiger partial charge in [0.05, 0.1) is 6.04 Å². The molecule has 5 N–H and O–H groups in total. The number of thioether (sulfide) groups is 1. The van der Waals surface area contributed by atoms with Crippen LogP contribution in [0.15, 0.2) is 0 Å². The van der Waals surface area contributed by atoms with Crippen LogP contribution in [0.2, 0.25) is 0 Å². The van der Waals surface area contributed by atoms with Crippen molar-refractivity contribution in [3.63, 3.8) is 0 Å². The molecule has 0 aromatic carbocycles. The lowest BCUT2D eigenvalue weighted by molar-refractivity contribution is 0.658. The number of H-pyrrole nitrogens is 1. The van der Waals surface area contributed by atoms with Crippen LogP contribution in [0.1, 0.15) is 18.3 Å². The summed E-state index contributed by atoms with van der Waals surface area (Å²) in [5, 5.41) is 6.39. The molecule has 0 aliphatic rings. The van der Waals surface area contributed by atoms with Crippen LogP contribution in [0.4, 0.5) is 5.95 Å². The lowest BCUT2D eigenvalue weighted by Crippen LogP contribution is -2.13. The van der Waals surface area contributed by atoms with Gasteiger partial charge in [0, 0.05) is 0 Å². The van der Waals surface area contributed by atoms with E-state index in [2.05, 4.69) is 15.2 Å². The van der Waals surface area contributed by atoms with Crippen LogP contribution >= 0.6 is 11.8 Å². The summed E-state index contributed by atoms with van der Waals surface area (Å²) in [6, 6.07) is -0.0813. The first-order valence-corrected chi connectivity index (χ1v) is 5.05. The van der Waals surface area contributed by atoms with E-state index in [9.17, 15) is 0 Å². The Labute approximate surface area is 75.3 Å². The third kappa shape index (κ3) is 2.38. The number of anilines is 1. The van der Waals surface area contributed by atoms with Gasteiger partial charge in [-0.3, -0.25) is 5.10 Å². The van der Waals surface area contributed by atoms with Crippen LogP contribution in [0.25, 0.3) is 0 Å². The van der Waals surface area contributed by atoms with E-state index >= 15 is 0 Å². The summed E-state index contributed by atoms with van der Waals surface area (Å²) in [6.07, 6.45) is 2.93. The molecule has 0 aliphatic heterocycles. The van der Waals surface area contributed by atoms with Crippen LogP contribution in [-0.4, -0.2) is 27.2 Å². The van der Waals surface area contributed by atoms with Gasteiger partial charge in [-0.1, -0.05) is 0 Å². The SMILES string of the molecule is CSCC[C@@H](N)c1nc(N)n[nH]1. The molecule has 0 spiro atoms. The number of hydrogen-bond donors (Lipinski definition) is 3. The molecule has 1 rings (SSSR count). The highest BCUT2D eigenvalue weighted by molar-refractivity contribution is 7.98. The Balaban J connectivity index is 2.47. The van der Waals surface area contributed by atoms with E-state index in [-0.39, 0.29) is 12.0 Å². The van der Waals surface area contributed by atoms with E-state index in [1.54, 1.807) is 11.8 Å². The van der Waals surface area contributed by atoms with Gasteiger partial charge in [-0.2, -0.15) is 16.7 Å². The van der Waals surface area contributed by atoms with Crippen LogP contribution in [0, 0.1) is 0 Å². The molecular weight excluding hydrogens is 174 g/mol. The summed E-state index contributed by atoms with van der Waals surface area (Å²) in [5.74, 6) is 1.94. The summed E-state index contributed by atoms with van der Waals surface area (Å²) < 4.78 is 0. The largest absolute Gasteiger partial charge is 0.367 e. The zero-order chi connectivity index (χ0) is 8.97. The van der Waals surface area contributed by atoms with Crippen molar-refractivity contribution in [2.75, 3.05) is 17.7 Å². The second-order valence-corrected chi connectivity index (χ2v) is 3.45. The second kappa shape index (κ2) is 4.32. The fourth-order valence-corrected chi connectivity index (χ4v) is 1.32. The zero-order valence-electron chi connectivity index (χ0n) is 6.95. The summed E-state index contributed by atoms with van der Waals surface area (Å²) in [5.41, 5.74) is 11.1. The topological polar surface area (TPSA) is 93.6 Å². The summed E-state index contributed by atoms with van der Waals surface area (Å²) in [4.78, 5) is 3.94. The average Bonchev–Trinajstić information content (AvgIpc) is 2.47. The van der Waals surface area contributed by atoms with E-state index in [1.807, 2.05) is 6.26 Å². The molecule has 0 fully saturated rings. The maximum atomic E-state index is 5.79. The first-order chi connectivity index (χ1) is 5.74. The fraction of sp³-hybridized carbons (Fsp3) is 0.667. The highest BCUT2D eigenvalue weighted by Gasteiger charge is 2.09. The molecule has 68 valence electrons. The number of nitrogens with zero attached hydrogens (tertiary/aromatic N) is 2. The number of aromatic nitrogens is 3. The highest BCUT2D eigenvalue weighted by Crippen LogP contribution is 2.11. The van der Waals surface area contributed by atoms with Gasteiger partial charge >= 0.3 is 0 Å². The van der Waals surface area contributed by atoms with Gasteiger partial charge in [0.2, 0.25) is 5.95 Å². The second-order valence-electron chi connectivity index (χ2n) is 2.47. The molecule has 0 radical (unpaired) electrons. The van der Waals surface area contributed by atoms with Gasteiger partial charge in [0.15, 0.2) is 0 Å². The van der Waals surface area contributed by atoms with Gasteiger partial charge in [0.25, 0.3) is 0 Å². The summed E-state index contributed by atoms with van der Waals surface area (Å²) in [6.45, 7) is 0. The minimum Gasteiger partial charge on any atom is -0.367 e. The first-order valence-electron chi connectivity index (χ1n) is 3.66. The molecule has 1 atom stereocenters. The van der Waals surface area contributed by atoms with Crippen molar-refractivity contribution in [3.05, 3.63) is 5.82 Å². The lowest BCUT2D eigenvalue weighted by atomic mass is 10.2. The minimum atomic E-state index is -0.0813. The standard InChI is InChI=1S/C6H13N5S/c1-12-3-2-4(7)5-9-6(8)11-10-5/h4H,2-3,7H2,1H3,(H3,8,9,10,11)/t4-/m1/s1. The Morgan fingerprint density at radius 2 is 2.42 bits per heavy atom. The van der Waals surface area contributed by atoms with Crippen LogP contribution in [0.5, 0.6) is 0 Å². The van der Waals surface area contributed by atoms with Crippen LogP contribution in [0.3, 0.4) is 0 Å². The molecule has 0 amide bonds. The molecule has 1 aromatic rings. The van der Waals surface area contributed by atoms with Crippen molar-refractivity contribution >= 4 is 17.7 Å². The molecule has 0 saturated heterocycles. The Morgan fingerprint density at radius 3 is 2.92 bits per heavy atom. The molecular formula is C6H13N5S. The molecule has 1 heterocycles. The molecule has 0 unspecified atom stereocenters. The predicted molar refractivity (Wildman–Crippen MR) is 50.7 cm³/mol. The van der Waals surface area contributed by atoms with E-state index in [1.165, 1.54) is 0 Å². The fourth-order valence-electron chi connectivity index (χ4n) is 0.835. The average molecular weight is 187 g/mol. The number of nitrogens with one attached hydrogen (secondary N) is 1. The third-order valence-corrected chi connectivity index (χ3v) is 2.15. The van der Waals surface area contributed by atoms with Crippen molar-refractivity contribution in [1.82, 2.24) is 15.2 Å². The summed E-state index contributed by atoms with van der Waals surface area (Å²) in [7, 11) is 0. The number of nitrogens with two attached hydrogens (primary N) is 2. The molecule has 0 saturated carbocycles. The Morgan fingerprint density at radius 1 is 1.67 bits per heavy atom. The molecule has 6 heteroatoms. The van der Waals surface area contributed by atoms with E-state index < -0.39 is 0 Å². The normalized spacial score (nSPS) is 13.2. The van der Waals surface area contributed by atoms with E-state index in [0.29, 0.717) is 5.82 Å². The summed E-state index contributed by atoms with van der Waals surface area (Å²) >= 11 is 1.76. The minimum absolute atomic E-state index is 0.0813. The number of hydrogen-bond acceptors (Lipinski definition) is 5. The molecule has 12 heavy (non-hydrogen) atoms. The monoisotopic (exact) mass is 187 g/mol. The van der Waals surface area contributed by atoms with E-state index in [0.717, 1.165) is 12.2 Å². The quantitative estimate of drug-likeness (QED) is 0.623. The van der Waals surface area contributed by atoms with Crippen molar-refractivity contribution in [1.29, 1.82) is 0 Å². The molecule has 1 aromatic heterocycles. The third-order valence-electron chi connectivity index (χ3n) is 1.50. The van der Waals surface area contributed by atoms with Crippen molar-refractivity contribution < 1.29 is 0 Å². The maximum absolute atomic E-state index is 5.79. The molecule has 0 aliphatic carbocycles. The molecule has 0 bridgehead atoms. The number of aromatic amines is 1. The Bertz CT molecular complexity index is 236. The zero-order valence-corrected chi connectivity index (χ0v) is 7.77. The lowest BCUT2D eigenvalue weighted by Gasteiger charge is -2.05. The predicted octanol–water partition coefficient (Wildman–Crippen LogP) is 0.140. The van der Waals surface area contributed by atoms with Crippen LogP contribution < -0.4 is 11.5 Å². The van der Waals surface area contributed by atoms with Crippen molar-refractivity contribution in [2.45, 2.75) is 12.5 Å². The van der Waals surface area contributed by atoms with Crippen LogP contribution in [-0.2, 0) is 0 Å². The maximum Gasteiger partial charge on any atom is 0.239 e. The van der Waals surface area contributed by atoms with Gasteiger partial charge in [-0.25, -0.2) is 0 Å².